The SMILES string of the molecule is O=C(O)N1CCC[C@H]1c1cc(Cl)cc2ccncc12. The maximum absolute atomic E-state index is 11.3. The minimum Gasteiger partial charge on any atom is -0.465 e. The Balaban J connectivity index is 2.16. The van der Waals surface area contributed by atoms with Crippen molar-refractivity contribution in [2.24, 2.45) is 0 Å². The zero-order chi connectivity index (χ0) is 13.4. The van der Waals surface area contributed by atoms with E-state index in [0.29, 0.717) is 11.6 Å². The predicted octanol–water partition coefficient (Wildman–Crippen LogP) is 3.70. The second kappa shape index (κ2) is 4.70. The molecule has 3 rings (SSSR count). The van der Waals surface area contributed by atoms with Crippen LogP contribution in [0.15, 0.2) is 30.6 Å². The minimum atomic E-state index is -0.875. The average molecular weight is 277 g/mol. The molecule has 2 aromatic rings. The lowest BCUT2D eigenvalue weighted by molar-refractivity contribution is 0.140. The van der Waals surface area contributed by atoms with E-state index in [1.165, 1.54) is 4.90 Å². The van der Waals surface area contributed by atoms with Gasteiger partial charge in [-0.1, -0.05) is 11.6 Å². The molecule has 5 heteroatoms. The molecule has 1 aliphatic heterocycles. The van der Waals surface area contributed by atoms with Gasteiger partial charge in [0.25, 0.3) is 0 Å². The standard InChI is InChI=1S/C14H13ClN2O2/c15-10-6-9-3-4-16-8-12(9)11(7-10)13-2-1-5-17(13)14(18)19/h3-4,6-8,13H,1-2,5H2,(H,18,19)/t13-/m0/s1. The molecule has 1 fully saturated rings. The van der Waals surface area contributed by atoms with Crippen molar-refractivity contribution < 1.29 is 9.90 Å². The van der Waals surface area contributed by atoms with Gasteiger partial charge in [0.05, 0.1) is 6.04 Å². The number of likely N-dealkylation sites (tertiary alicyclic amines) is 1. The second-order valence-corrected chi connectivity index (χ2v) is 5.16. The van der Waals surface area contributed by atoms with Gasteiger partial charge in [-0.3, -0.25) is 4.98 Å². The molecule has 0 saturated carbocycles. The van der Waals surface area contributed by atoms with Crippen LogP contribution in [0.3, 0.4) is 0 Å². The molecular weight excluding hydrogens is 264 g/mol. The molecule has 0 aliphatic carbocycles. The van der Waals surface area contributed by atoms with Crippen molar-refractivity contribution >= 4 is 28.5 Å². The summed E-state index contributed by atoms with van der Waals surface area (Å²) in [5, 5.41) is 11.9. The quantitative estimate of drug-likeness (QED) is 0.864. The van der Waals surface area contributed by atoms with Crippen molar-refractivity contribution in [3.05, 3.63) is 41.2 Å². The number of rotatable bonds is 1. The van der Waals surface area contributed by atoms with Crippen molar-refractivity contribution in [1.29, 1.82) is 0 Å². The lowest BCUT2D eigenvalue weighted by Gasteiger charge is -2.23. The molecule has 1 N–H and O–H groups in total. The van der Waals surface area contributed by atoms with Crippen LogP contribution in [0.5, 0.6) is 0 Å². The van der Waals surface area contributed by atoms with Gasteiger partial charge in [0, 0.05) is 29.3 Å². The van der Waals surface area contributed by atoms with Gasteiger partial charge in [-0.2, -0.15) is 0 Å². The number of fused-ring (bicyclic) bond motifs is 1. The summed E-state index contributed by atoms with van der Waals surface area (Å²) in [5.74, 6) is 0. The highest BCUT2D eigenvalue weighted by Gasteiger charge is 2.31. The monoisotopic (exact) mass is 276 g/mol. The summed E-state index contributed by atoms with van der Waals surface area (Å²) in [6.45, 7) is 0.578. The van der Waals surface area contributed by atoms with Gasteiger partial charge in [0.15, 0.2) is 0 Å². The van der Waals surface area contributed by atoms with E-state index in [0.717, 1.165) is 29.2 Å². The lowest BCUT2D eigenvalue weighted by atomic mass is 9.98. The second-order valence-electron chi connectivity index (χ2n) is 4.73. The molecular formula is C14H13ClN2O2. The molecule has 0 unspecified atom stereocenters. The molecule has 0 radical (unpaired) electrons. The molecule has 1 aromatic heterocycles. The van der Waals surface area contributed by atoms with Crippen LogP contribution < -0.4 is 0 Å². The van der Waals surface area contributed by atoms with Crippen molar-refractivity contribution in [2.75, 3.05) is 6.54 Å². The third-order valence-electron chi connectivity index (χ3n) is 3.61. The van der Waals surface area contributed by atoms with E-state index in [1.807, 2.05) is 18.2 Å². The first-order chi connectivity index (χ1) is 9.16. The van der Waals surface area contributed by atoms with Crippen LogP contribution in [0.4, 0.5) is 4.79 Å². The molecule has 1 saturated heterocycles. The Kier molecular flexibility index (Phi) is 3.03. The zero-order valence-electron chi connectivity index (χ0n) is 10.2. The fourth-order valence-electron chi connectivity index (χ4n) is 2.78. The molecule has 1 aliphatic rings. The number of hydrogen-bond donors (Lipinski definition) is 1. The largest absolute Gasteiger partial charge is 0.465 e. The van der Waals surface area contributed by atoms with E-state index in [9.17, 15) is 9.90 Å². The third-order valence-corrected chi connectivity index (χ3v) is 3.83. The summed E-state index contributed by atoms with van der Waals surface area (Å²) in [7, 11) is 0. The normalized spacial score (nSPS) is 19.0. The van der Waals surface area contributed by atoms with Crippen LogP contribution in [0.1, 0.15) is 24.4 Å². The van der Waals surface area contributed by atoms with Gasteiger partial charge in [-0.25, -0.2) is 4.79 Å². The molecule has 1 atom stereocenters. The smallest absolute Gasteiger partial charge is 0.407 e. The third kappa shape index (κ3) is 2.12. The van der Waals surface area contributed by atoms with Gasteiger partial charge >= 0.3 is 6.09 Å². The molecule has 98 valence electrons. The number of benzene rings is 1. The lowest BCUT2D eigenvalue weighted by Crippen LogP contribution is -2.28. The number of halogens is 1. The molecule has 1 aromatic carbocycles. The number of carboxylic acid groups (broad SMARTS) is 1. The number of carbonyl (C=O) groups is 1. The summed E-state index contributed by atoms with van der Waals surface area (Å²) in [5.41, 5.74) is 0.954. The molecule has 0 bridgehead atoms. The minimum absolute atomic E-state index is 0.122. The van der Waals surface area contributed by atoms with Crippen LogP contribution in [-0.2, 0) is 0 Å². The van der Waals surface area contributed by atoms with E-state index in [2.05, 4.69) is 4.98 Å². The Morgan fingerprint density at radius 2 is 2.32 bits per heavy atom. The summed E-state index contributed by atoms with van der Waals surface area (Å²) in [6.07, 6.45) is 4.33. The van der Waals surface area contributed by atoms with Crippen LogP contribution in [-0.4, -0.2) is 27.6 Å². The fraction of sp³-hybridized carbons (Fsp3) is 0.286. The Bertz CT molecular complexity index is 644. The Hall–Kier alpha value is -1.81. The average Bonchev–Trinajstić information content (AvgIpc) is 2.86. The molecule has 4 nitrogen and oxygen atoms in total. The first-order valence-electron chi connectivity index (χ1n) is 6.19. The Morgan fingerprint density at radius 3 is 3.11 bits per heavy atom. The van der Waals surface area contributed by atoms with Crippen LogP contribution in [0, 0.1) is 0 Å². The molecule has 0 spiro atoms. The van der Waals surface area contributed by atoms with Gasteiger partial charge in [-0.15, -0.1) is 0 Å². The molecule has 19 heavy (non-hydrogen) atoms. The highest BCUT2D eigenvalue weighted by atomic mass is 35.5. The first-order valence-corrected chi connectivity index (χ1v) is 6.57. The van der Waals surface area contributed by atoms with Crippen molar-refractivity contribution in [1.82, 2.24) is 9.88 Å². The number of nitrogens with zero attached hydrogens (tertiary/aromatic N) is 2. The summed E-state index contributed by atoms with van der Waals surface area (Å²) in [6, 6.07) is 5.51. The summed E-state index contributed by atoms with van der Waals surface area (Å²) < 4.78 is 0. The van der Waals surface area contributed by atoms with Crippen molar-refractivity contribution in [2.45, 2.75) is 18.9 Å². The van der Waals surface area contributed by atoms with Crippen LogP contribution in [0.2, 0.25) is 5.02 Å². The number of amides is 1. The molecule has 1 amide bonds. The zero-order valence-corrected chi connectivity index (χ0v) is 11.0. The maximum Gasteiger partial charge on any atom is 0.407 e. The van der Waals surface area contributed by atoms with E-state index < -0.39 is 6.09 Å². The number of hydrogen-bond acceptors (Lipinski definition) is 2. The van der Waals surface area contributed by atoms with E-state index in [4.69, 9.17) is 11.6 Å². The van der Waals surface area contributed by atoms with Crippen molar-refractivity contribution in [3.63, 3.8) is 0 Å². The van der Waals surface area contributed by atoms with Crippen molar-refractivity contribution in [3.8, 4) is 0 Å². The Morgan fingerprint density at radius 1 is 1.47 bits per heavy atom. The topological polar surface area (TPSA) is 53.4 Å². The van der Waals surface area contributed by atoms with E-state index in [-0.39, 0.29) is 6.04 Å². The highest BCUT2D eigenvalue weighted by Crippen LogP contribution is 2.37. The Labute approximate surface area is 115 Å². The van der Waals surface area contributed by atoms with Crippen LogP contribution >= 0.6 is 11.6 Å². The maximum atomic E-state index is 11.3. The molecule has 2 heterocycles. The summed E-state index contributed by atoms with van der Waals surface area (Å²) in [4.78, 5) is 16.9. The predicted molar refractivity (Wildman–Crippen MR) is 73.5 cm³/mol. The van der Waals surface area contributed by atoms with E-state index in [1.54, 1.807) is 12.4 Å². The number of aromatic nitrogens is 1. The number of pyridine rings is 1. The highest BCUT2D eigenvalue weighted by molar-refractivity contribution is 6.31. The van der Waals surface area contributed by atoms with Gasteiger partial charge < -0.3 is 10.0 Å². The van der Waals surface area contributed by atoms with Gasteiger partial charge in [0.2, 0.25) is 0 Å². The van der Waals surface area contributed by atoms with Crippen LogP contribution in [0.25, 0.3) is 10.8 Å². The fourth-order valence-corrected chi connectivity index (χ4v) is 3.02. The summed E-state index contributed by atoms with van der Waals surface area (Å²) >= 11 is 6.14. The first kappa shape index (κ1) is 12.2. The van der Waals surface area contributed by atoms with Gasteiger partial charge in [0.1, 0.15) is 0 Å². The van der Waals surface area contributed by atoms with Gasteiger partial charge in [-0.05, 0) is 42.0 Å². The van der Waals surface area contributed by atoms with E-state index >= 15 is 0 Å².